The summed E-state index contributed by atoms with van der Waals surface area (Å²) in [5.41, 5.74) is 15.9. The molecule has 4 aliphatic carbocycles. The maximum absolute atomic E-state index is 11.3. The molecular formula is C53H56N18O2. The Bertz CT molecular complexity index is 3440. The Kier molecular flexibility index (Phi) is 11.3. The quantitative estimate of drug-likeness (QED) is 0.157. The molecule has 4 N–H and O–H groups in total. The van der Waals surface area contributed by atoms with E-state index < -0.39 is 0 Å². The first-order chi connectivity index (χ1) is 35.5. The van der Waals surface area contributed by atoms with Crippen molar-refractivity contribution in [2.75, 3.05) is 16.4 Å². The fraction of sp³-hybridized carbons (Fsp3) is 0.415. The van der Waals surface area contributed by atoms with Gasteiger partial charge in [-0.1, -0.05) is 0 Å². The number of aromatic nitrogens is 12. The van der Waals surface area contributed by atoms with Crippen LogP contribution in [0.3, 0.4) is 0 Å². The molecule has 8 aromatic heterocycles. The highest BCUT2D eigenvalue weighted by Gasteiger charge is 2.55. The third-order valence-electron chi connectivity index (χ3n) is 16.2. The molecule has 4 unspecified atom stereocenters. The minimum absolute atomic E-state index is 0.00834. The number of rotatable bonds is 8. The summed E-state index contributed by atoms with van der Waals surface area (Å²) in [6.45, 7) is 1.93. The zero-order valence-electron chi connectivity index (χ0n) is 41.0. The van der Waals surface area contributed by atoms with E-state index in [2.05, 4.69) is 47.6 Å². The number of pyridine rings is 2. The van der Waals surface area contributed by atoms with Gasteiger partial charge in [-0.3, -0.25) is 24.1 Å². The van der Waals surface area contributed by atoms with Crippen molar-refractivity contribution < 1.29 is 9.90 Å². The molecule has 4 saturated heterocycles. The topological polar surface area (TPSA) is 251 Å². The van der Waals surface area contributed by atoms with Gasteiger partial charge >= 0.3 is 0 Å². The molecule has 8 bridgehead atoms. The van der Waals surface area contributed by atoms with Gasteiger partial charge in [-0.2, -0.15) is 30.9 Å². The number of nitrogens with zero attached hydrogens (tertiary/aromatic N) is 16. The van der Waals surface area contributed by atoms with Gasteiger partial charge in [-0.15, -0.1) is 0 Å². The summed E-state index contributed by atoms with van der Waals surface area (Å²) in [4.78, 5) is 35.6. The Morgan fingerprint density at radius 3 is 1.47 bits per heavy atom. The largest absolute Gasteiger partial charge is 0.397 e. The molecule has 8 aliphatic rings. The number of aryl methyl sites for hydroxylation is 2. The average molecular weight is 977 g/mol. The number of hydrogen-bond acceptors (Lipinski definition) is 15. The summed E-state index contributed by atoms with van der Waals surface area (Å²) in [5, 5.41) is 47.5. The summed E-state index contributed by atoms with van der Waals surface area (Å²) in [6.07, 6.45) is 33.7. The Hall–Kier alpha value is -8.07. The number of anilines is 2. The molecule has 0 aromatic carbocycles. The van der Waals surface area contributed by atoms with Gasteiger partial charge in [-0.05, 0) is 95.1 Å². The monoisotopic (exact) mass is 976 g/mol. The van der Waals surface area contributed by atoms with Crippen molar-refractivity contribution in [3.8, 4) is 56.9 Å². The second-order valence-corrected chi connectivity index (χ2v) is 21.1. The molecule has 370 valence electrons. The predicted octanol–water partition coefficient (Wildman–Crippen LogP) is 5.61. The van der Waals surface area contributed by atoms with Gasteiger partial charge in [0.25, 0.3) is 0 Å². The van der Waals surface area contributed by atoms with Crippen LogP contribution in [0.1, 0.15) is 82.3 Å². The lowest BCUT2D eigenvalue weighted by molar-refractivity contribution is -0.113. The normalized spacial score (nSPS) is 26.0. The maximum Gasteiger partial charge on any atom is 0.207 e. The number of aliphatic hydroxyl groups is 1. The molecule has 20 nitrogen and oxygen atoms in total. The summed E-state index contributed by atoms with van der Waals surface area (Å²) in [6, 6.07) is 10.2. The number of carbonyl (C=O) groups excluding carboxylic acids is 1. The standard InChI is InChI=1S/C26H25N9O.C25H25N9.C2H6O/c1-33-13-19(10-31-33)17-4-22(25-18(8-27)9-32-34(25)14-17)23-11-29-24(12-28-23)35-20-2-16-3-21(35)7-26(5-16,6-20)30-15-36;1-32-13-18(10-30-32)16-4-21(24-17(8-26)9-31-33(24)14-16)22-11-29-23(12-28-22)34-19-2-15-3-20(34)7-25(27,5-15)6-19;1-2-3/h4,9-16,20-21H,2-3,5-7H2,1H3,(H,30,36);4,9-15,19-20H,2-3,5-7,27H2,1H3;3H,2H2,1H3. The zero-order valence-corrected chi connectivity index (χ0v) is 41.0. The number of aliphatic hydroxyl groups excluding tert-OH is 1. The third-order valence-corrected chi connectivity index (χ3v) is 16.2. The Balaban J connectivity index is 0.000000141. The highest BCUT2D eigenvalue weighted by atomic mass is 16.2. The van der Waals surface area contributed by atoms with E-state index in [9.17, 15) is 15.3 Å². The molecule has 16 rings (SSSR count). The molecule has 20 heteroatoms. The van der Waals surface area contributed by atoms with Gasteiger partial charge in [0, 0.05) is 114 Å². The number of fused-ring (bicyclic) bond motifs is 2. The molecule has 73 heavy (non-hydrogen) atoms. The molecule has 8 fully saturated rings. The summed E-state index contributed by atoms with van der Waals surface area (Å²) >= 11 is 0. The van der Waals surface area contributed by atoms with Crippen molar-refractivity contribution in [1.82, 2.24) is 64.0 Å². The van der Waals surface area contributed by atoms with E-state index in [1.54, 1.807) is 50.1 Å². The molecule has 0 spiro atoms. The average Bonchev–Trinajstić information content (AvgIpc) is 4.20. The van der Waals surface area contributed by atoms with Gasteiger partial charge in [0.05, 0.1) is 83.1 Å². The molecule has 12 heterocycles. The lowest BCUT2D eigenvalue weighted by Crippen LogP contribution is -2.68. The van der Waals surface area contributed by atoms with Crippen LogP contribution < -0.4 is 20.9 Å². The smallest absolute Gasteiger partial charge is 0.207 e. The van der Waals surface area contributed by atoms with Crippen LogP contribution in [0.5, 0.6) is 0 Å². The molecular weight excluding hydrogens is 921 g/mol. The highest BCUT2D eigenvalue weighted by molar-refractivity contribution is 5.87. The summed E-state index contributed by atoms with van der Waals surface area (Å²) in [5.74, 6) is 3.21. The fourth-order valence-electron chi connectivity index (χ4n) is 13.8. The number of nitriles is 2. The van der Waals surface area contributed by atoms with Gasteiger partial charge < -0.3 is 26.0 Å². The van der Waals surface area contributed by atoms with Gasteiger partial charge in [-0.25, -0.2) is 19.0 Å². The Labute approximate surface area is 421 Å². The van der Waals surface area contributed by atoms with Crippen LogP contribution in [0.4, 0.5) is 11.6 Å². The van der Waals surface area contributed by atoms with Crippen LogP contribution in [-0.2, 0) is 18.9 Å². The molecule has 4 aliphatic heterocycles. The Morgan fingerprint density at radius 1 is 0.630 bits per heavy atom. The van der Waals surface area contributed by atoms with E-state index in [4.69, 9.17) is 30.8 Å². The number of nitrogens with one attached hydrogen (secondary N) is 1. The molecule has 4 atom stereocenters. The summed E-state index contributed by atoms with van der Waals surface area (Å²) < 4.78 is 6.99. The molecule has 1 amide bonds. The molecule has 0 radical (unpaired) electrons. The van der Waals surface area contributed by atoms with Gasteiger partial charge in [0.1, 0.15) is 23.8 Å². The van der Waals surface area contributed by atoms with Crippen LogP contribution >= 0.6 is 0 Å². The lowest BCUT2D eigenvalue weighted by Gasteiger charge is -2.61. The predicted molar refractivity (Wildman–Crippen MR) is 271 cm³/mol. The lowest BCUT2D eigenvalue weighted by atomic mass is 9.59. The maximum atomic E-state index is 11.3. The van der Waals surface area contributed by atoms with E-state index in [0.29, 0.717) is 52.4 Å². The number of carbonyl (C=O) groups is 1. The first-order valence-electron chi connectivity index (χ1n) is 25.1. The number of piperidine rings is 4. The van der Waals surface area contributed by atoms with E-state index in [1.165, 1.54) is 19.3 Å². The van der Waals surface area contributed by atoms with E-state index in [-0.39, 0.29) is 17.7 Å². The van der Waals surface area contributed by atoms with Crippen LogP contribution in [0, 0.1) is 34.5 Å². The zero-order chi connectivity index (χ0) is 50.2. The molecule has 4 saturated carbocycles. The highest BCUT2D eigenvalue weighted by Crippen LogP contribution is 2.53. The van der Waals surface area contributed by atoms with Crippen molar-refractivity contribution >= 4 is 29.1 Å². The van der Waals surface area contributed by atoms with E-state index >= 15 is 0 Å². The second kappa shape index (κ2) is 17.9. The van der Waals surface area contributed by atoms with Crippen molar-refractivity contribution in [3.63, 3.8) is 0 Å². The molecule has 8 aromatic rings. The van der Waals surface area contributed by atoms with Crippen LogP contribution in [-0.4, -0.2) is 112 Å². The Morgan fingerprint density at radius 2 is 1.08 bits per heavy atom. The van der Waals surface area contributed by atoms with E-state index in [1.807, 2.05) is 75.8 Å². The minimum atomic E-state index is -0.0594. The summed E-state index contributed by atoms with van der Waals surface area (Å²) in [7, 11) is 3.77. The number of hydrogen-bond donors (Lipinski definition) is 3. The minimum Gasteiger partial charge on any atom is -0.397 e. The fourth-order valence-corrected chi connectivity index (χ4v) is 13.8. The first kappa shape index (κ1) is 46.0. The number of nitrogens with two attached hydrogens (primary N) is 1. The number of amides is 1. The first-order valence-corrected chi connectivity index (χ1v) is 25.1. The van der Waals surface area contributed by atoms with Crippen molar-refractivity contribution in [1.29, 1.82) is 10.5 Å². The van der Waals surface area contributed by atoms with Crippen molar-refractivity contribution in [2.45, 2.75) is 106 Å². The van der Waals surface area contributed by atoms with Gasteiger partial charge in [0.2, 0.25) is 6.41 Å². The SMILES string of the molecule is CCO.Cn1cc(-c2cc(-c3cnc(N4C5CC6CC4CC(N)(C6)C5)cn3)c3c(C#N)cnn3c2)cn1.Cn1cc(-c2cc(-c3cnc(N4C5CC6CC4CC(NC=O)(C6)C5)cn3)c3c(C#N)cnn3c2)cn1. The van der Waals surface area contributed by atoms with E-state index in [0.717, 1.165) is 114 Å². The van der Waals surface area contributed by atoms with Gasteiger partial charge in [0.15, 0.2) is 0 Å². The second-order valence-electron chi connectivity index (χ2n) is 21.1. The van der Waals surface area contributed by atoms with Crippen LogP contribution in [0.15, 0.2) is 86.5 Å². The van der Waals surface area contributed by atoms with Crippen LogP contribution in [0.25, 0.3) is 55.8 Å². The van der Waals surface area contributed by atoms with Crippen molar-refractivity contribution in [3.05, 3.63) is 97.6 Å². The van der Waals surface area contributed by atoms with Crippen molar-refractivity contribution in [2.24, 2.45) is 31.7 Å². The van der Waals surface area contributed by atoms with Crippen LogP contribution in [0.2, 0.25) is 0 Å². The third kappa shape index (κ3) is 8.11.